The third-order valence-corrected chi connectivity index (χ3v) is 5.63. The van der Waals surface area contributed by atoms with Crippen molar-refractivity contribution in [1.82, 2.24) is 9.88 Å². The van der Waals surface area contributed by atoms with Gasteiger partial charge in [-0.2, -0.15) is 12.6 Å². The molecular formula is C17H19BrN2S. The Morgan fingerprint density at radius 2 is 2.24 bits per heavy atom. The highest BCUT2D eigenvalue weighted by Gasteiger charge is 2.34. The van der Waals surface area contributed by atoms with Crippen molar-refractivity contribution in [2.45, 2.75) is 25.1 Å². The first kappa shape index (κ1) is 13.9. The van der Waals surface area contributed by atoms with Crippen LogP contribution in [0.25, 0.3) is 16.5 Å². The van der Waals surface area contributed by atoms with Gasteiger partial charge in [-0.15, -0.1) is 0 Å². The van der Waals surface area contributed by atoms with Crippen molar-refractivity contribution < 1.29 is 0 Å². The van der Waals surface area contributed by atoms with Gasteiger partial charge in [0.1, 0.15) is 0 Å². The summed E-state index contributed by atoms with van der Waals surface area (Å²) >= 11 is 8.18. The number of nitrogens with one attached hydrogen (secondary N) is 1. The molecule has 2 aliphatic rings. The van der Waals surface area contributed by atoms with E-state index in [1.165, 1.54) is 33.3 Å². The molecule has 1 N–H and O–H groups in total. The molecule has 110 valence electrons. The lowest BCUT2D eigenvalue weighted by Gasteiger charge is -2.39. The summed E-state index contributed by atoms with van der Waals surface area (Å²) in [6.45, 7) is 3.45. The maximum Gasteiger partial charge on any atom is 0.0476 e. The minimum atomic E-state index is 0.501. The first-order chi connectivity index (χ1) is 10.1. The molecule has 2 nitrogen and oxygen atoms in total. The summed E-state index contributed by atoms with van der Waals surface area (Å²) in [5.74, 6) is 1.38. The van der Waals surface area contributed by atoms with E-state index in [1.54, 1.807) is 0 Å². The Kier molecular flexibility index (Phi) is 3.25. The molecule has 2 aromatic rings. The summed E-state index contributed by atoms with van der Waals surface area (Å²) in [5, 5.41) is 1.41. The molecule has 4 rings (SSSR count). The van der Waals surface area contributed by atoms with Crippen molar-refractivity contribution in [3.8, 4) is 0 Å². The molecule has 0 bridgehead atoms. The van der Waals surface area contributed by atoms with Crippen molar-refractivity contribution >= 4 is 45.0 Å². The van der Waals surface area contributed by atoms with Crippen molar-refractivity contribution in [3.05, 3.63) is 39.5 Å². The number of thiol groups is 1. The predicted molar refractivity (Wildman–Crippen MR) is 96.0 cm³/mol. The van der Waals surface area contributed by atoms with Gasteiger partial charge >= 0.3 is 0 Å². The second-order valence-corrected chi connectivity index (χ2v) is 7.61. The van der Waals surface area contributed by atoms with Gasteiger partial charge in [-0.25, -0.2) is 0 Å². The minimum Gasteiger partial charge on any atom is -0.357 e. The number of rotatable bonds is 1. The molecule has 4 heteroatoms. The smallest absolute Gasteiger partial charge is 0.0476 e. The topological polar surface area (TPSA) is 19.0 Å². The molecule has 0 fully saturated rings. The third kappa shape index (κ3) is 2.03. The second kappa shape index (κ2) is 4.90. The largest absolute Gasteiger partial charge is 0.357 e. The van der Waals surface area contributed by atoms with Gasteiger partial charge in [-0.05, 0) is 48.2 Å². The molecule has 0 saturated carbocycles. The Morgan fingerprint density at radius 1 is 1.43 bits per heavy atom. The van der Waals surface area contributed by atoms with E-state index in [9.17, 15) is 0 Å². The molecule has 21 heavy (non-hydrogen) atoms. The van der Waals surface area contributed by atoms with Crippen LogP contribution in [-0.4, -0.2) is 29.5 Å². The summed E-state index contributed by atoms with van der Waals surface area (Å²) < 4.78 is 1.14. The summed E-state index contributed by atoms with van der Waals surface area (Å²) in [4.78, 5) is 6.07. The molecule has 0 saturated heterocycles. The van der Waals surface area contributed by atoms with E-state index < -0.39 is 0 Å². The number of aromatic amines is 1. The molecule has 0 spiro atoms. The number of aromatic nitrogens is 1. The normalized spacial score (nSPS) is 25.0. The van der Waals surface area contributed by atoms with Crippen LogP contribution in [0.4, 0.5) is 0 Å². The molecule has 0 amide bonds. The standard InChI is InChI=1S/C17H19BrN2S/c1-9-3-11-12-4-10(18)5-14-17(12)13(15(8-21)19-14)6-16(11)20(2)7-9/h3-5,9,16,19,21H,6-8H2,1-2H3/t9?,16-/m1/s1. The van der Waals surface area contributed by atoms with Gasteiger partial charge in [-0.1, -0.05) is 28.9 Å². The molecule has 1 aliphatic heterocycles. The molecule has 1 unspecified atom stereocenters. The average Bonchev–Trinajstić information content (AvgIpc) is 2.78. The number of likely N-dealkylation sites (N-methyl/N-ethyl adjacent to an activating group) is 1. The number of H-pyrrole nitrogens is 1. The maximum absolute atomic E-state index is 4.51. The van der Waals surface area contributed by atoms with Crippen molar-refractivity contribution in [2.24, 2.45) is 5.92 Å². The highest BCUT2D eigenvalue weighted by Crippen LogP contribution is 2.43. The van der Waals surface area contributed by atoms with E-state index in [1.807, 2.05) is 0 Å². The van der Waals surface area contributed by atoms with Crippen LogP contribution in [0, 0.1) is 5.92 Å². The quantitative estimate of drug-likeness (QED) is 0.726. The summed E-state index contributed by atoms with van der Waals surface area (Å²) in [7, 11) is 2.25. The Balaban J connectivity index is 2.05. The van der Waals surface area contributed by atoms with Gasteiger partial charge in [0.25, 0.3) is 0 Å². The van der Waals surface area contributed by atoms with Gasteiger partial charge in [0.2, 0.25) is 0 Å². The van der Waals surface area contributed by atoms with Crippen molar-refractivity contribution in [1.29, 1.82) is 0 Å². The predicted octanol–water partition coefficient (Wildman–Crippen LogP) is 4.25. The Morgan fingerprint density at radius 3 is 3.00 bits per heavy atom. The van der Waals surface area contributed by atoms with Crippen LogP contribution < -0.4 is 0 Å². The van der Waals surface area contributed by atoms with Gasteiger partial charge in [-0.3, -0.25) is 4.90 Å². The van der Waals surface area contributed by atoms with E-state index in [0.29, 0.717) is 12.0 Å². The Bertz CT molecular complexity index is 762. The number of halogens is 1. The number of nitrogens with zero attached hydrogens (tertiary/aromatic N) is 1. The minimum absolute atomic E-state index is 0.501. The first-order valence-corrected chi connectivity index (χ1v) is 8.87. The molecule has 2 heterocycles. The van der Waals surface area contributed by atoms with Crippen LogP contribution in [-0.2, 0) is 12.2 Å². The molecule has 2 atom stereocenters. The molecule has 1 aliphatic carbocycles. The second-order valence-electron chi connectivity index (χ2n) is 6.37. The zero-order valence-corrected chi connectivity index (χ0v) is 14.8. The lowest BCUT2D eigenvalue weighted by molar-refractivity contribution is 0.251. The van der Waals surface area contributed by atoms with Crippen molar-refractivity contribution in [3.63, 3.8) is 0 Å². The van der Waals surface area contributed by atoms with E-state index in [-0.39, 0.29) is 0 Å². The highest BCUT2D eigenvalue weighted by molar-refractivity contribution is 9.10. The molecule has 0 radical (unpaired) electrons. The monoisotopic (exact) mass is 362 g/mol. The van der Waals surface area contributed by atoms with Crippen LogP contribution in [0.3, 0.4) is 0 Å². The summed E-state index contributed by atoms with van der Waals surface area (Å²) in [5.41, 5.74) is 6.87. The van der Waals surface area contributed by atoms with Crippen LogP contribution in [0.15, 0.2) is 22.7 Å². The molecule has 1 aromatic heterocycles. The summed E-state index contributed by atoms with van der Waals surface area (Å²) in [6, 6.07) is 4.97. The lowest BCUT2D eigenvalue weighted by atomic mass is 9.79. The number of hydrogen-bond acceptors (Lipinski definition) is 2. The Hall–Kier alpha value is -0.710. The van der Waals surface area contributed by atoms with Crippen LogP contribution in [0.1, 0.15) is 23.7 Å². The maximum atomic E-state index is 4.51. The van der Waals surface area contributed by atoms with Gasteiger partial charge in [0, 0.05) is 39.4 Å². The van der Waals surface area contributed by atoms with Crippen LogP contribution in [0.2, 0.25) is 0 Å². The van der Waals surface area contributed by atoms with Gasteiger partial charge < -0.3 is 4.98 Å². The highest BCUT2D eigenvalue weighted by atomic mass is 79.9. The summed E-state index contributed by atoms with van der Waals surface area (Å²) in [6.07, 6.45) is 3.57. The lowest BCUT2D eigenvalue weighted by Crippen LogP contribution is -2.42. The van der Waals surface area contributed by atoms with Gasteiger partial charge in [0.15, 0.2) is 0 Å². The van der Waals surface area contributed by atoms with E-state index in [2.05, 4.69) is 70.6 Å². The van der Waals surface area contributed by atoms with E-state index >= 15 is 0 Å². The molecule has 1 aromatic carbocycles. The first-order valence-electron chi connectivity index (χ1n) is 7.44. The number of fused-ring (bicyclic) bond motifs is 2. The van der Waals surface area contributed by atoms with Crippen LogP contribution >= 0.6 is 28.6 Å². The molecular weight excluding hydrogens is 344 g/mol. The van der Waals surface area contributed by atoms with Crippen LogP contribution in [0.5, 0.6) is 0 Å². The SMILES string of the molecule is CC1C=C2c3cc(Br)cc4[nH]c(CS)c(c34)C[C@H]2N(C)C1. The fourth-order valence-electron chi connectivity index (χ4n) is 4.03. The fourth-order valence-corrected chi connectivity index (χ4v) is 4.75. The average molecular weight is 363 g/mol. The van der Waals surface area contributed by atoms with E-state index in [0.717, 1.165) is 23.2 Å². The number of hydrogen-bond donors (Lipinski definition) is 2. The van der Waals surface area contributed by atoms with E-state index in [4.69, 9.17) is 0 Å². The number of benzene rings is 1. The Labute approximate surface area is 139 Å². The third-order valence-electron chi connectivity index (χ3n) is 4.85. The zero-order chi connectivity index (χ0) is 14.7. The zero-order valence-electron chi connectivity index (χ0n) is 12.3. The van der Waals surface area contributed by atoms with Crippen molar-refractivity contribution in [2.75, 3.05) is 13.6 Å². The fraction of sp³-hybridized carbons (Fsp3) is 0.412. The van der Waals surface area contributed by atoms with Gasteiger partial charge in [0.05, 0.1) is 0 Å².